The van der Waals surface area contributed by atoms with Gasteiger partial charge in [0.15, 0.2) is 5.96 Å². The number of piperazine rings is 1. The van der Waals surface area contributed by atoms with Crippen molar-refractivity contribution in [1.82, 2.24) is 9.80 Å². The Morgan fingerprint density at radius 1 is 0.966 bits per heavy atom. The minimum Gasteiger partial charge on any atom is -0.370 e. The van der Waals surface area contributed by atoms with Crippen molar-refractivity contribution in [1.29, 1.82) is 0 Å². The van der Waals surface area contributed by atoms with Gasteiger partial charge < -0.3 is 16.0 Å². The minimum atomic E-state index is 0. The number of halogens is 1. The molecule has 0 radical (unpaired) electrons. The number of benzene rings is 2. The molecule has 0 saturated carbocycles. The van der Waals surface area contributed by atoms with Crippen LogP contribution in [-0.2, 0) is 19.5 Å². The van der Waals surface area contributed by atoms with E-state index in [2.05, 4.69) is 70.4 Å². The van der Waals surface area contributed by atoms with E-state index >= 15 is 0 Å². The van der Waals surface area contributed by atoms with Crippen LogP contribution in [0, 0.1) is 0 Å². The van der Waals surface area contributed by atoms with Crippen LogP contribution in [0.4, 0.5) is 5.69 Å². The van der Waals surface area contributed by atoms with Gasteiger partial charge in [-0.2, -0.15) is 0 Å². The Labute approximate surface area is 192 Å². The molecule has 2 aromatic rings. The summed E-state index contributed by atoms with van der Waals surface area (Å²) < 4.78 is 0. The normalized spacial score (nSPS) is 15.7. The number of hydrogen-bond donors (Lipinski definition) is 2. The van der Waals surface area contributed by atoms with Crippen molar-refractivity contribution >= 4 is 35.6 Å². The highest BCUT2D eigenvalue weighted by molar-refractivity contribution is 14.0. The highest BCUT2D eigenvalue weighted by atomic mass is 127. The molecule has 0 bridgehead atoms. The Morgan fingerprint density at radius 2 is 1.66 bits per heavy atom. The number of aliphatic imine (C=N–C) groups is 1. The number of anilines is 1. The zero-order valence-corrected chi connectivity index (χ0v) is 19.9. The lowest BCUT2D eigenvalue weighted by Gasteiger charge is -2.34. The van der Waals surface area contributed by atoms with Crippen molar-refractivity contribution in [2.45, 2.75) is 33.4 Å². The summed E-state index contributed by atoms with van der Waals surface area (Å²) in [6.07, 6.45) is 1.01. The van der Waals surface area contributed by atoms with Crippen molar-refractivity contribution < 1.29 is 0 Å². The molecule has 1 fully saturated rings. The largest absolute Gasteiger partial charge is 0.370 e. The number of aryl methyl sites for hydroxylation is 1. The zero-order chi connectivity index (χ0) is 19.8. The predicted octanol–water partition coefficient (Wildman–Crippen LogP) is 3.93. The molecule has 0 atom stereocenters. The summed E-state index contributed by atoms with van der Waals surface area (Å²) in [6, 6.07) is 16.9. The topological polar surface area (TPSA) is 56.9 Å². The number of hydrogen-bond acceptors (Lipinski definition) is 3. The second-order valence-electron chi connectivity index (χ2n) is 7.36. The van der Waals surface area contributed by atoms with Crippen LogP contribution in [0.15, 0.2) is 53.5 Å². The summed E-state index contributed by atoms with van der Waals surface area (Å²) in [4.78, 5) is 9.62. The highest BCUT2D eigenvalue weighted by Crippen LogP contribution is 2.15. The molecule has 0 amide bonds. The lowest BCUT2D eigenvalue weighted by molar-refractivity contribution is 0.131. The second kappa shape index (κ2) is 12.1. The van der Waals surface area contributed by atoms with Gasteiger partial charge in [0.1, 0.15) is 0 Å². The van der Waals surface area contributed by atoms with Crippen LogP contribution in [0.3, 0.4) is 0 Å². The quantitative estimate of drug-likeness (QED) is 0.339. The van der Waals surface area contributed by atoms with Crippen LogP contribution in [-0.4, -0.2) is 48.5 Å². The molecule has 0 aromatic heterocycles. The van der Waals surface area contributed by atoms with Gasteiger partial charge in [-0.1, -0.05) is 50.2 Å². The van der Waals surface area contributed by atoms with E-state index in [1.54, 1.807) is 0 Å². The molecule has 0 aliphatic carbocycles. The first-order valence-corrected chi connectivity index (χ1v) is 10.3. The van der Waals surface area contributed by atoms with E-state index in [-0.39, 0.29) is 24.0 Å². The van der Waals surface area contributed by atoms with Gasteiger partial charge in [0.25, 0.3) is 0 Å². The molecule has 1 aliphatic rings. The predicted molar refractivity (Wildman–Crippen MR) is 134 cm³/mol. The van der Waals surface area contributed by atoms with Crippen molar-refractivity contribution in [2.24, 2.45) is 10.7 Å². The molecule has 29 heavy (non-hydrogen) atoms. The fourth-order valence-corrected chi connectivity index (χ4v) is 3.60. The van der Waals surface area contributed by atoms with Crippen LogP contribution in [0.5, 0.6) is 0 Å². The molecule has 2 aromatic carbocycles. The van der Waals surface area contributed by atoms with Gasteiger partial charge in [-0.15, -0.1) is 24.0 Å². The summed E-state index contributed by atoms with van der Waals surface area (Å²) in [5.41, 5.74) is 11.0. The Bertz CT molecular complexity index is 784. The van der Waals surface area contributed by atoms with E-state index in [4.69, 9.17) is 5.73 Å². The molecule has 6 heteroatoms. The fraction of sp³-hybridized carbons (Fsp3) is 0.435. The van der Waals surface area contributed by atoms with Crippen molar-refractivity contribution in [3.05, 3.63) is 65.2 Å². The fourth-order valence-electron chi connectivity index (χ4n) is 3.60. The van der Waals surface area contributed by atoms with Crippen molar-refractivity contribution in [3.8, 4) is 0 Å². The van der Waals surface area contributed by atoms with E-state index in [0.29, 0.717) is 12.5 Å². The van der Waals surface area contributed by atoms with Crippen LogP contribution in [0.1, 0.15) is 30.5 Å². The van der Waals surface area contributed by atoms with Crippen LogP contribution < -0.4 is 11.1 Å². The Balaban J connectivity index is 0.00000300. The molecule has 3 rings (SSSR count). The molecular weight excluding hydrogens is 473 g/mol. The minimum absolute atomic E-state index is 0. The lowest BCUT2D eigenvalue weighted by atomic mass is 10.1. The number of nitrogens with one attached hydrogen (secondary N) is 1. The first-order valence-electron chi connectivity index (χ1n) is 10.3. The molecule has 1 heterocycles. The van der Waals surface area contributed by atoms with Gasteiger partial charge in [-0.05, 0) is 41.8 Å². The summed E-state index contributed by atoms with van der Waals surface area (Å²) in [5.74, 6) is 0.458. The summed E-state index contributed by atoms with van der Waals surface area (Å²) in [5, 5.41) is 3.21. The third-order valence-electron chi connectivity index (χ3n) is 5.45. The van der Waals surface area contributed by atoms with Gasteiger partial charge >= 0.3 is 0 Å². The van der Waals surface area contributed by atoms with E-state index in [1.165, 1.54) is 16.7 Å². The number of nitrogens with zero attached hydrogens (tertiary/aromatic N) is 3. The van der Waals surface area contributed by atoms with Crippen LogP contribution in [0.25, 0.3) is 0 Å². The molecular formula is C23H34IN5. The number of nitrogens with two attached hydrogens (primary N) is 1. The monoisotopic (exact) mass is 507 g/mol. The maximum Gasteiger partial charge on any atom is 0.193 e. The first-order chi connectivity index (χ1) is 13.7. The second-order valence-corrected chi connectivity index (χ2v) is 7.36. The van der Waals surface area contributed by atoms with Gasteiger partial charge in [-0.25, -0.2) is 4.99 Å². The Morgan fingerprint density at radius 3 is 2.34 bits per heavy atom. The van der Waals surface area contributed by atoms with E-state index in [9.17, 15) is 0 Å². The third kappa shape index (κ3) is 7.28. The van der Waals surface area contributed by atoms with E-state index in [0.717, 1.165) is 51.4 Å². The highest BCUT2D eigenvalue weighted by Gasteiger charge is 2.16. The average Bonchev–Trinajstić information content (AvgIpc) is 2.74. The smallest absolute Gasteiger partial charge is 0.193 e. The van der Waals surface area contributed by atoms with Gasteiger partial charge in [-0.3, -0.25) is 4.90 Å². The molecule has 3 N–H and O–H groups in total. The molecule has 5 nitrogen and oxygen atoms in total. The third-order valence-corrected chi connectivity index (χ3v) is 5.45. The molecule has 0 unspecified atom stereocenters. The van der Waals surface area contributed by atoms with E-state index in [1.807, 2.05) is 12.1 Å². The van der Waals surface area contributed by atoms with Crippen LogP contribution >= 0.6 is 24.0 Å². The van der Waals surface area contributed by atoms with Gasteiger partial charge in [0, 0.05) is 38.4 Å². The summed E-state index contributed by atoms with van der Waals surface area (Å²) in [7, 11) is 0. The lowest BCUT2D eigenvalue weighted by Crippen LogP contribution is -2.45. The van der Waals surface area contributed by atoms with Gasteiger partial charge in [0.2, 0.25) is 0 Å². The van der Waals surface area contributed by atoms with Crippen molar-refractivity contribution in [3.63, 3.8) is 0 Å². The first kappa shape index (κ1) is 23.6. The molecule has 158 valence electrons. The van der Waals surface area contributed by atoms with Gasteiger partial charge in [0.05, 0.1) is 6.54 Å². The average molecular weight is 507 g/mol. The van der Waals surface area contributed by atoms with E-state index < -0.39 is 0 Å². The Hall–Kier alpha value is -1.64. The molecule has 1 saturated heterocycles. The van der Waals surface area contributed by atoms with Crippen LogP contribution in [0.2, 0.25) is 0 Å². The maximum atomic E-state index is 6.13. The standard InChI is InChI=1S/C23H33N5.HI/c1-3-19-8-7-11-22(16-19)26-23(24)25-17-20-9-5-6-10-21(20)18-28-14-12-27(4-2)13-15-28;/h5-11,16H,3-4,12-15,17-18H2,1-2H3,(H3,24,25,26);1H. The molecule has 0 spiro atoms. The molecule has 1 aliphatic heterocycles. The SMILES string of the molecule is CCc1cccc(NC(N)=NCc2ccccc2CN2CCN(CC)CC2)c1.I. The number of guanidine groups is 1. The summed E-state index contributed by atoms with van der Waals surface area (Å²) >= 11 is 0. The number of likely N-dealkylation sites (N-methyl/N-ethyl adjacent to an activating group) is 1. The zero-order valence-electron chi connectivity index (χ0n) is 17.6. The maximum absolute atomic E-state index is 6.13. The van der Waals surface area contributed by atoms with Crippen molar-refractivity contribution in [2.75, 3.05) is 38.0 Å². The Kier molecular flexibility index (Phi) is 9.90. The summed E-state index contributed by atoms with van der Waals surface area (Å²) in [6.45, 7) is 11.7. The number of rotatable bonds is 7.